The lowest BCUT2D eigenvalue weighted by atomic mass is 10.2. The summed E-state index contributed by atoms with van der Waals surface area (Å²) >= 11 is 0. The first-order valence-electron chi connectivity index (χ1n) is 5.26. The molecule has 0 saturated carbocycles. The van der Waals surface area contributed by atoms with Crippen molar-refractivity contribution in [2.24, 2.45) is 0 Å². The van der Waals surface area contributed by atoms with Crippen LogP contribution in [0.2, 0.25) is 0 Å². The highest BCUT2D eigenvalue weighted by Gasteiger charge is 2.28. The fourth-order valence-corrected chi connectivity index (χ4v) is 3.20. The quantitative estimate of drug-likeness (QED) is 0.703. The molecule has 1 fully saturated rings. The fourth-order valence-electron chi connectivity index (χ4n) is 1.64. The number of hydrogen-bond donors (Lipinski definition) is 1. The van der Waals surface area contributed by atoms with Crippen molar-refractivity contribution in [1.29, 1.82) is 0 Å². The van der Waals surface area contributed by atoms with E-state index in [4.69, 9.17) is 5.11 Å². The lowest BCUT2D eigenvalue weighted by molar-refractivity contribution is 0.159. The van der Waals surface area contributed by atoms with Gasteiger partial charge in [0.2, 0.25) is 10.0 Å². The molecule has 15 heavy (non-hydrogen) atoms. The zero-order chi connectivity index (χ0) is 11.5. The Morgan fingerprint density at radius 2 is 2.07 bits per heavy atom. The average Bonchev–Trinajstić information content (AvgIpc) is 2.19. The van der Waals surface area contributed by atoms with Crippen LogP contribution in [0.15, 0.2) is 0 Å². The smallest absolute Gasteiger partial charge is 0.214 e. The van der Waals surface area contributed by atoms with E-state index in [0.29, 0.717) is 19.5 Å². The van der Waals surface area contributed by atoms with Gasteiger partial charge in [0.05, 0.1) is 5.75 Å². The predicted molar refractivity (Wildman–Crippen MR) is 59.2 cm³/mol. The number of aliphatic hydroxyl groups excluding tert-OH is 1. The van der Waals surface area contributed by atoms with Crippen LogP contribution >= 0.6 is 0 Å². The van der Waals surface area contributed by atoms with Gasteiger partial charge in [-0.1, -0.05) is 0 Å². The summed E-state index contributed by atoms with van der Waals surface area (Å²) in [4.78, 5) is 2.15. The second-order valence-corrected chi connectivity index (χ2v) is 6.17. The van der Waals surface area contributed by atoms with Crippen LogP contribution in [-0.4, -0.2) is 67.8 Å². The number of hydrogen-bond acceptors (Lipinski definition) is 4. The van der Waals surface area contributed by atoms with Crippen LogP contribution in [0.25, 0.3) is 0 Å². The molecule has 1 rings (SSSR count). The molecule has 0 aliphatic carbocycles. The Labute approximate surface area is 91.7 Å². The molecule has 1 saturated heterocycles. The van der Waals surface area contributed by atoms with E-state index >= 15 is 0 Å². The highest BCUT2D eigenvalue weighted by molar-refractivity contribution is 7.89. The van der Waals surface area contributed by atoms with E-state index in [1.165, 1.54) is 4.31 Å². The molecule has 5 nitrogen and oxygen atoms in total. The van der Waals surface area contributed by atoms with Gasteiger partial charge in [0, 0.05) is 32.3 Å². The number of piperazine rings is 1. The summed E-state index contributed by atoms with van der Waals surface area (Å²) in [5, 5.41) is 8.63. The summed E-state index contributed by atoms with van der Waals surface area (Å²) in [6, 6.07) is 0.266. The number of likely N-dealkylation sites (N-methyl/N-ethyl adjacent to an activating group) is 1. The van der Waals surface area contributed by atoms with E-state index in [-0.39, 0.29) is 18.4 Å². The highest BCUT2D eigenvalue weighted by Crippen LogP contribution is 2.12. The summed E-state index contributed by atoms with van der Waals surface area (Å²) in [6.07, 6.45) is 0.322. The van der Waals surface area contributed by atoms with Gasteiger partial charge < -0.3 is 10.0 Å². The minimum atomic E-state index is -3.16. The normalized spacial score (nSPS) is 25.7. The highest BCUT2D eigenvalue weighted by atomic mass is 32.2. The second-order valence-electron chi connectivity index (χ2n) is 4.08. The maximum atomic E-state index is 11.8. The molecule has 1 N–H and O–H groups in total. The third-order valence-corrected chi connectivity index (χ3v) is 4.80. The molecule has 0 aromatic carbocycles. The maximum absolute atomic E-state index is 11.8. The molecule has 1 heterocycles. The molecule has 0 amide bonds. The largest absolute Gasteiger partial charge is 0.396 e. The Kier molecular flexibility index (Phi) is 4.51. The molecule has 0 aromatic heterocycles. The Morgan fingerprint density at radius 1 is 1.40 bits per heavy atom. The zero-order valence-corrected chi connectivity index (χ0v) is 10.2. The summed E-state index contributed by atoms with van der Waals surface area (Å²) in [7, 11) is -1.15. The van der Waals surface area contributed by atoms with Crippen molar-refractivity contribution in [3.63, 3.8) is 0 Å². The maximum Gasteiger partial charge on any atom is 0.214 e. The van der Waals surface area contributed by atoms with Crippen molar-refractivity contribution >= 4 is 10.0 Å². The van der Waals surface area contributed by atoms with Crippen LogP contribution in [0.5, 0.6) is 0 Å². The van der Waals surface area contributed by atoms with Crippen molar-refractivity contribution in [3.8, 4) is 0 Å². The molecule has 0 aromatic rings. The molecular weight excluding hydrogens is 216 g/mol. The minimum Gasteiger partial charge on any atom is -0.396 e. The zero-order valence-electron chi connectivity index (χ0n) is 9.39. The molecule has 0 bridgehead atoms. The van der Waals surface area contributed by atoms with Crippen LogP contribution in [0.3, 0.4) is 0 Å². The molecule has 1 atom stereocenters. The van der Waals surface area contributed by atoms with Crippen LogP contribution in [-0.2, 0) is 10.0 Å². The molecular formula is C9H20N2O3S. The minimum absolute atomic E-state index is 0.0555. The van der Waals surface area contributed by atoms with Crippen LogP contribution in [0.1, 0.15) is 13.3 Å². The van der Waals surface area contributed by atoms with Gasteiger partial charge in [0.1, 0.15) is 0 Å². The van der Waals surface area contributed by atoms with E-state index in [1.54, 1.807) is 0 Å². The number of rotatable bonds is 4. The van der Waals surface area contributed by atoms with E-state index in [2.05, 4.69) is 4.90 Å². The second kappa shape index (κ2) is 5.25. The van der Waals surface area contributed by atoms with E-state index < -0.39 is 10.0 Å². The van der Waals surface area contributed by atoms with Crippen molar-refractivity contribution in [3.05, 3.63) is 0 Å². The van der Waals surface area contributed by atoms with Gasteiger partial charge in [0.25, 0.3) is 0 Å². The standard InChI is InChI=1S/C9H20N2O3S/c1-9-8-11(5-4-10(9)2)15(13,14)7-3-6-12/h9,12H,3-8H2,1-2H3. The monoisotopic (exact) mass is 236 g/mol. The first-order valence-corrected chi connectivity index (χ1v) is 6.87. The van der Waals surface area contributed by atoms with Crippen LogP contribution in [0.4, 0.5) is 0 Å². The number of sulfonamides is 1. The van der Waals surface area contributed by atoms with Gasteiger partial charge in [0.15, 0.2) is 0 Å². The van der Waals surface area contributed by atoms with Crippen molar-refractivity contribution in [2.75, 3.05) is 39.0 Å². The molecule has 6 heteroatoms. The van der Waals surface area contributed by atoms with E-state index in [1.807, 2.05) is 14.0 Å². The summed E-state index contributed by atoms with van der Waals surface area (Å²) in [5.41, 5.74) is 0. The molecule has 0 radical (unpaired) electrons. The van der Waals surface area contributed by atoms with Gasteiger partial charge in [-0.05, 0) is 20.4 Å². The van der Waals surface area contributed by atoms with Crippen molar-refractivity contribution in [2.45, 2.75) is 19.4 Å². The summed E-state index contributed by atoms with van der Waals surface area (Å²) < 4.78 is 25.1. The average molecular weight is 236 g/mol. The number of aliphatic hydroxyl groups is 1. The Balaban J connectivity index is 2.57. The van der Waals surface area contributed by atoms with E-state index in [9.17, 15) is 8.42 Å². The number of nitrogens with zero attached hydrogens (tertiary/aromatic N) is 2. The Hall–Kier alpha value is -0.170. The van der Waals surface area contributed by atoms with Gasteiger partial charge in [-0.25, -0.2) is 8.42 Å². The van der Waals surface area contributed by atoms with Gasteiger partial charge in [-0.2, -0.15) is 4.31 Å². The predicted octanol–water partition coefficient (Wildman–Crippen LogP) is -0.665. The third kappa shape index (κ3) is 3.41. The first kappa shape index (κ1) is 12.9. The molecule has 1 unspecified atom stereocenters. The van der Waals surface area contributed by atoms with Gasteiger partial charge in [-0.15, -0.1) is 0 Å². The SMILES string of the molecule is CC1CN(S(=O)(=O)CCCO)CCN1C. The lowest BCUT2D eigenvalue weighted by Crippen LogP contribution is -2.52. The molecule has 90 valence electrons. The fraction of sp³-hybridized carbons (Fsp3) is 1.00. The Bertz CT molecular complexity index is 292. The van der Waals surface area contributed by atoms with E-state index in [0.717, 1.165) is 6.54 Å². The molecule has 0 spiro atoms. The third-order valence-electron chi connectivity index (χ3n) is 2.88. The molecule has 1 aliphatic rings. The van der Waals surface area contributed by atoms with Gasteiger partial charge >= 0.3 is 0 Å². The Morgan fingerprint density at radius 3 is 2.60 bits per heavy atom. The summed E-state index contributed by atoms with van der Waals surface area (Å²) in [6.45, 7) is 3.86. The van der Waals surface area contributed by atoms with Gasteiger partial charge in [-0.3, -0.25) is 0 Å². The van der Waals surface area contributed by atoms with Crippen LogP contribution < -0.4 is 0 Å². The summed E-state index contributed by atoms with van der Waals surface area (Å²) in [5.74, 6) is 0.0555. The van der Waals surface area contributed by atoms with Crippen LogP contribution in [0, 0.1) is 0 Å². The topological polar surface area (TPSA) is 60.9 Å². The van der Waals surface area contributed by atoms with Crippen molar-refractivity contribution < 1.29 is 13.5 Å². The molecule has 1 aliphatic heterocycles. The lowest BCUT2D eigenvalue weighted by Gasteiger charge is -2.36. The van der Waals surface area contributed by atoms with Crippen molar-refractivity contribution in [1.82, 2.24) is 9.21 Å². The first-order chi connectivity index (χ1) is 6.97.